The van der Waals surface area contributed by atoms with Crippen LogP contribution in [0.1, 0.15) is 39.8 Å². The molecule has 3 aromatic rings. The van der Waals surface area contributed by atoms with Crippen molar-refractivity contribution in [1.29, 1.82) is 0 Å². The van der Waals surface area contributed by atoms with Crippen LogP contribution in [0.25, 0.3) is 17.2 Å². The quantitative estimate of drug-likeness (QED) is 0.0646. The zero-order valence-electron chi connectivity index (χ0n) is 22.0. The molecule has 0 spiro atoms. The Morgan fingerprint density at radius 1 is 1.00 bits per heavy atom. The molecule has 0 radical (unpaired) electrons. The number of amides is 2. The Labute approximate surface area is 262 Å². The minimum Gasteiger partial charge on any atom is -0.460 e. The summed E-state index contributed by atoms with van der Waals surface area (Å²) in [6, 6.07) is 2.64. The highest BCUT2D eigenvalue weighted by Gasteiger charge is 2.37. The van der Waals surface area contributed by atoms with Crippen LogP contribution in [0.15, 0.2) is 39.9 Å². The van der Waals surface area contributed by atoms with Gasteiger partial charge in [-0.3, -0.25) is 19.3 Å². The number of thioether (sulfide) groups is 1. The number of hydrogen-bond donors (Lipinski definition) is 1. The highest BCUT2D eigenvalue weighted by molar-refractivity contribution is 8.26. The summed E-state index contributed by atoms with van der Waals surface area (Å²) in [6.45, 7) is 1.42. The van der Waals surface area contributed by atoms with Crippen molar-refractivity contribution < 1.29 is 50.3 Å². The average Bonchev–Trinajstić information content (AvgIpc) is 3.66. The summed E-state index contributed by atoms with van der Waals surface area (Å²) < 4.78 is 84.3. The third-order valence-corrected chi connectivity index (χ3v) is 8.71. The lowest BCUT2D eigenvalue weighted by molar-refractivity contribution is -0.143. The number of anilines is 1. The van der Waals surface area contributed by atoms with E-state index in [-0.39, 0.29) is 56.8 Å². The lowest BCUT2D eigenvalue weighted by Gasteiger charge is -2.13. The van der Waals surface area contributed by atoms with Gasteiger partial charge in [0.2, 0.25) is 5.91 Å². The van der Waals surface area contributed by atoms with Crippen LogP contribution in [0.3, 0.4) is 0 Å². The molecule has 0 bridgehead atoms. The molecule has 8 nitrogen and oxygen atoms in total. The Bertz CT molecular complexity index is 1650. The van der Waals surface area contributed by atoms with Crippen LogP contribution >= 0.6 is 46.7 Å². The molecule has 232 valence electrons. The highest BCUT2D eigenvalue weighted by atomic mass is 32.2. The van der Waals surface area contributed by atoms with Gasteiger partial charge in [0, 0.05) is 23.2 Å². The number of carbonyl (C=O) groups excluding carboxylic acids is 4. The molecule has 0 aliphatic carbocycles. The molecule has 44 heavy (non-hydrogen) atoms. The molecule has 0 unspecified atom stereocenters. The Hall–Kier alpha value is -3.61. The fraction of sp³-hybridized carbons (Fsp3) is 0.231. The monoisotopic (exact) mass is 693 g/mol. The van der Waals surface area contributed by atoms with Gasteiger partial charge in [-0.05, 0) is 53.8 Å². The van der Waals surface area contributed by atoms with Gasteiger partial charge in [-0.25, -0.2) is 9.78 Å². The van der Waals surface area contributed by atoms with Crippen LogP contribution in [0.5, 0.6) is 0 Å². The maximum Gasteiger partial charge on any atom is 0.416 e. The number of aromatic nitrogens is 1. The van der Waals surface area contributed by atoms with E-state index in [9.17, 15) is 45.5 Å². The largest absolute Gasteiger partial charge is 0.460 e. The number of nitrogens with one attached hydrogen (secondary N) is 1. The van der Waals surface area contributed by atoms with Crippen LogP contribution in [-0.4, -0.2) is 50.9 Å². The maximum atomic E-state index is 13.3. The van der Waals surface area contributed by atoms with Crippen molar-refractivity contribution in [3.63, 3.8) is 0 Å². The van der Waals surface area contributed by atoms with E-state index >= 15 is 0 Å². The van der Waals surface area contributed by atoms with E-state index in [1.807, 2.05) is 0 Å². The lowest BCUT2D eigenvalue weighted by Crippen LogP contribution is -2.31. The average molecular weight is 694 g/mol. The van der Waals surface area contributed by atoms with Crippen molar-refractivity contribution in [3.8, 4) is 11.1 Å². The fourth-order valence-corrected chi connectivity index (χ4v) is 6.58. The first-order chi connectivity index (χ1) is 20.6. The minimum atomic E-state index is -4.99. The molecular weight excluding hydrogens is 677 g/mol. The molecule has 1 aromatic carbocycles. The van der Waals surface area contributed by atoms with E-state index in [1.54, 1.807) is 0 Å². The molecule has 1 aliphatic heterocycles. The standard InChI is InChI=1S/C26H17F6N3O5S4/c1-2-40-22(39)20(37)17-11-43-23(33-17)34-19(36)3-4-35-21(38)18(44-24(35)41)9-16-7-13(10-42-16)12-5-14(25(27,28)29)8-15(6-12)26(30,31)32/h5-11H,2-4H2,1H3,(H,33,34,36)/b18-9-. The summed E-state index contributed by atoms with van der Waals surface area (Å²) in [6.07, 6.45) is -8.79. The maximum absolute atomic E-state index is 13.3. The number of halogens is 6. The number of benzene rings is 1. The summed E-state index contributed by atoms with van der Waals surface area (Å²) in [5.74, 6) is -3.15. The number of hydrogen-bond acceptors (Lipinski definition) is 10. The van der Waals surface area contributed by atoms with Crippen molar-refractivity contribution in [2.75, 3.05) is 18.5 Å². The molecule has 0 atom stereocenters. The van der Waals surface area contributed by atoms with Gasteiger partial charge < -0.3 is 10.1 Å². The normalized spacial score (nSPS) is 14.8. The first-order valence-corrected chi connectivity index (χ1v) is 15.2. The topological polar surface area (TPSA) is 106 Å². The molecule has 4 rings (SSSR count). The molecule has 0 saturated carbocycles. The summed E-state index contributed by atoms with van der Waals surface area (Å²) in [4.78, 5) is 54.5. The Balaban J connectivity index is 1.41. The number of ketones is 1. The molecule has 1 fully saturated rings. The number of ether oxygens (including phenoxy) is 1. The second-order valence-corrected chi connectivity index (χ2v) is 12.2. The van der Waals surface area contributed by atoms with Crippen molar-refractivity contribution in [2.24, 2.45) is 0 Å². The zero-order valence-corrected chi connectivity index (χ0v) is 25.3. The number of thiophene rings is 1. The predicted octanol–water partition coefficient (Wildman–Crippen LogP) is 6.89. The van der Waals surface area contributed by atoms with E-state index in [0.29, 0.717) is 17.0 Å². The number of carbonyl (C=O) groups is 4. The summed E-state index contributed by atoms with van der Waals surface area (Å²) in [5, 5.41) is 5.16. The predicted molar refractivity (Wildman–Crippen MR) is 156 cm³/mol. The van der Waals surface area contributed by atoms with Gasteiger partial charge in [0.1, 0.15) is 10.0 Å². The van der Waals surface area contributed by atoms with Gasteiger partial charge in [0.15, 0.2) is 5.13 Å². The van der Waals surface area contributed by atoms with E-state index in [0.717, 1.165) is 34.4 Å². The van der Waals surface area contributed by atoms with E-state index in [4.69, 9.17) is 12.2 Å². The van der Waals surface area contributed by atoms with Crippen LogP contribution < -0.4 is 5.32 Å². The van der Waals surface area contributed by atoms with Gasteiger partial charge in [-0.1, -0.05) is 24.0 Å². The minimum absolute atomic E-state index is 0.00484. The summed E-state index contributed by atoms with van der Waals surface area (Å²) >= 11 is 8.07. The molecule has 1 N–H and O–H groups in total. The van der Waals surface area contributed by atoms with Gasteiger partial charge in [-0.2, -0.15) is 26.3 Å². The fourth-order valence-electron chi connectivity index (χ4n) is 3.66. The van der Waals surface area contributed by atoms with E-state index in [1.165, 1.54) is 34.7 Å². The van der Waals surface area contributed by atoms with Gasteiger partial charge >= 0.3 is 18.3 Å². The number of nitrogens with zero attached hydrogens (tertiary/aromatic N) is 2. The van der Waals surface area contributed by atoms with Crippen molar-refractivity contribution in [2.45, 2.75) is 25.7 Å². The van der Waals surface area contributed by atoms with Crippen LogP contribution in [0, 0.1) is 0 Å². The number of Topliss-reactive ketones (excluding diaryl/α,β-unsaturated/α-hetero) is 1. The number of thiazole rings is 1. The number of thiocarbonyl (C=S) groups is 1. The molecule has 1 aliphatic rings. The smallest absolute Gasteiger partial charge is 0.416 e. The molecule has 3 heterocycles. The summed E-state index contributed by atoms with van der Waals surface area (Å²) in [7, 11) is 0. The van der Waals surface area contributed by atoms with E-state index in [2.05, 4.69) is 15.0 Å². The zero-order chi connectivity index (χ0) is 32.4. The van der Waals surface area contributed by atoms with Crippen molar-refractivity contribution >= 4 is 85.7 Å². The Kier molecular flexibility index (Phi) is 9.96. The first-order valence-electron chi connectivity index (χ1n) is 12.2. The second-order valence-electron chi connectivity index (χ2n) is 8.75. The SMILES string of the molecule is CCOC(=O)C(=O)c1csc(NC(=O)CCN2C(=O)/C(=C/c3cc(-c4cc(C(F)(F)F)cc(C(F)(F)F)c4)cs3)SC2=S)n1. The number of rotatable bonds is 9. The molecule has 2 aromatic heterocycles. The second kappa shape index (κ2) is 13.2. The molecular formula is C26H17F6N3O5S4. The third kappa shape index (κ3) is 7.91. The lowest BCUT2D eigenvalue weighted by atomic mass is 10.0. The van der Waals surface area contributed by atoms with Crippen molar-refractivity contribution in [3.05, 3.63) is 61.6 Å². The van der Waals surface area contributed by atoms with Crippen LogP contribution in [0.4, 0.5) is 31.5 Å². The number of esters is 1. The van der Waals surface area contributed by atoms with Gasteiger partial charge in [0.25, 0.3) is 11.7 Å². The highest BCUT2D eigenvalue weighted by Crippen LogP contribution is 2.40. The molecule has 2 amide bonds. The Morgan fingerprint density at radius 2 is 1.66 bits per heavy atom. The van der Waals surface area contributed by atoms with Crippen LogP contribution in [0.2, 0.25) is 0 Å². The third-order valence-electron chi connectivity index (χ3n) is 5.69. The van der Waals surface area contributed by atoms with Gasteiger partial charge in [0.05, 0.1) is 22.6 Å². The number of alkyl halides is 6. The summed E-state index contributed by atoms with van der Waals surface area (Å²) in [5.41, 5.74) is -3.28. The Morgan fingerprint density at radius 3 is 2.27 bits per heavy atom. The van der Waals surface area contributed by atoms with E-state index < -0.39 is 47.0 Å². The first kappa shape index (κ1) is 33.3. The molecule has 1 saturated heterocycles. The van der Waals surface area contributed by atoms with Gasteiger partial charge in [-0.15, -0.1) is 22.7 Å². The van der Waals surface area contributed by atoms with Crippen LogP contribution in [-0.2, 0) is 31.5 Å². The van der Waals surface area contributed by atoms with Crippen molar-refractivity contribution in [1.82, 2.24) is 9.88 Å². The molecule has 18 heteroatoms.